The number of hydrogen-bond acceptors (Lipinski definition) is 2. The maximum absolute atomic E-state index is 10.4. The third kappa shape index (κ3) is 6.11. The molecule has 1 aromatic rings. The lowest BCUT2D eigenvalue weighted by Crippen LogP contribution is -2.20. The monoisotopic (exact) mass is 264 g/mol. The molecule has 0 fully saturated rings. The van der Waals surface area contributed by atoms with Gasteiger partial charge in [-0.05, 0) is 31.0 Å². The normalized spacial score (nSPS) is 14.3. The van der Waals surface area contributed by atoms with Crippen molar-refractivity contribution in [3.05, 3.63) is 29.8 Å². The van der Waals surface area contributed by atoms with Gasteiger partial charge in [0.05, 0.1) is 5.60 Å². The fraction of sp³-hybridized carbons (Fsp3) is 0.647. The molecule has 0 radical (unpaired) electrons. The van der Waals surface area contributed by atoms with Gasteiger partial charge in [0.15, 0.2) is 0 Å². The number of aliphatic hydroxyl groups is 1. The lowest BCUT2D eigenvalue weighted by atomic mass is 9.90. The first-order valence-corrected chi connectivity index (χ1v) is 7.58. The average molecular weight is 264 g/mol. The minimum absolute atomic E-state index is 0.246. The van der Waals surface area contributed by atoms with E-state index in [1.165, 1.54) is 38.5 Å². The second kappa shape index (κ2) is 8.21. The fourth-order valence-corrected chi connectivity index (χ4v) is 2.39. The SMILES string of the molecule is CCCCCCCCCC(C)(O)c1ccc(O)cc1. The van der Waals surface area contributed by atoms with Crippen LogP contribution in [0.3, 0.4) is 0 Å². The molecular weight excluding hydrogens is 236 g/mol. The van der Waals surface area contributed by atoms with Crippen LogP contribution in [0.2, 0.25) is 0 Å². The minimum Gasteiger partial charge on any atom is -0.508 e. The molecule has 2 nitrogen and oxygen atoms in total. The largest absolute Gasteiger partial charge is 0.508 e. The van der Waals surface area contributed by atoms with Crippen molar-refractivity contribution >= 4 is 0 Å². The Morgan fingerprint density at radius 1 is 0.895 bits per heavy atom. The Hall–Kier alpha value is -1.02. The van der Waals surface area contributed by atoms with Crippen molar-refractivity contribution in [3.63, 3.8) is 0 Å². The highest BCUT2D eigenvalue weighted by Crippen LogP contribution is 2.28. The second-order valence-corrected chi connectivity index (χ2v) is 5.69. The van der Waals surface area contributed by atoms with Gasteiger partial charge >= 0.3 is 0 Å². The van der Waals surface area contributed by atoms with E-state index in [1.54, 1.807) is 24.3 Å². The molecule has 0 amide bonds. The maximum Gasteiger partial charge on any atom is 0.115 e. The van der Waals surface area contributed by atoms with Crippen LogP contribution in [0.4, 0.5) is 0 Å². The Bertz CT molecular complexity index is 341. The highest BCUT2D eigenvalue weighted by molar-refractivity contribution is 5.29. The summed E-state index contributed by atoms with van der Waals surface area (Å²) >= 11 is 0. The Labute approximate surface area is 117 Å². The summed E-state index contributed by atoms with van der Waals surface area (Å²) in [4.78, 5) is 0. The molecule has 0 spiro atoms. The van der Waals surface area contributed by atoms with Crippen LogP contribution in [0.1, 0.15) is 70.8 Å². The summed E-state index contributed by atoms with van der Waals surface area (Å²) in [6, 6.07) is 6.87. The van der Waals surface area contributed by atoms with Crippen LogP contribution in [0.15, 0.2) is 24.3 Å². The predicted molar refractivity (Wildman–Crippen MR) is 80.3 cm³/mol. The van der Waals surface area contributed by atoms with Gasteiger partial charge < -0.3 is 10.2 Å². The van der Waals surface area contributed by atoms with Gasteiger partial charge in [0, 0.05) is 0 Å². The van der Waals surface area contributed by atoms with E-state index in [1.807, 2.05) is 6.92 Å². The third-order valence-electron chi connectivity index (χ3n) is 3.76. The van der Waals surface area contributed by atoms with E-state index in [0.717, 1.165) is 18.4 Å². The smallest absolute Gasteiger partial charge is 0.115 e. The van der Waals surface area contributed by atoms with Gasteiger partial charge in [-0.3, -0.25) is 0 Å². The lowest BCUT2D eigenvalue weighted by molar-refractivity contribution is 0.0448. The number of hydrogen-bond donors (Lipinski definition) is 2. The number of benzene rings is 1. The number of phenols is 1. The summed E-state index contributed by atoms with van der Waals surface area (Å²) < 4.78 is 0. The van der Waals surface area contributed by atoms with Crippen LogP contribution < -0.4 is 0 Å². The molecule has 1 unspecified atom stereocenters. The van der Waals surface area contributed by atoms with Crippen molar-refractivity contribution in [3.8, 4) is 5.75 Å². The topological polar surface area (TPSA) is 40.5 Å². The molecule has 1 atom stereocenters. The van der Waals surface area contributed by atoms with Crippen LogP contribution in [-0.4, -0.2) is 10.2 Å². The summed E-state index contributed by atoms with van der Waals surface area (Å²) in [6.45, 7) is 4.09. The van der Waals surface area contributed by atoms with Crippen LogP contribution in [0.5, 0.6) is 5.75 Å². The lowest BCUT2D eigenvalue weighted by Gasteiger charge is -2.24. The van der Waals surface area contributed by atoms with E-state index < -0.39 is 5.60 Å². The van der Waals surface area contributed by atoms with Gasteiger partial charge in [-0.25, -0.2) is 0 Å². The number of aromatic hydroxyl groups is 1. The number of phenolic OH excluding ortho intramolecular Hbond substituents is 1. The number of rotatable bonds is 9. The number of unbranched alkanes of at least 4 members (excludes halogenated alkanes) is 6. The molecule has 2 heteroatoms. The summed E-state index contributed by atoms with van der Waals surface area (Å²) in [5.41, 5.74) is 0.105. The first-order chi connectivity index (χ1) is 9.06. The van der Waals surface area contributed by atoms with Crippen molar-refractivity contribution in [2.75, 3.05) is 0 Å². The van der Waals surface area contributed by atoms with E-state index in [-0.39, 0.29) is 5.75 Å². The minimum atomic E-state index is -0.781. The molecule has 1 rings (SSSR count). The van der Waals surface area contributed by atoms with Crippen LogP contribution in [-0.2, 0) is 5.60 Å². The fourth-order valence-electron chi connectivity index (χ4n) is 2.39. The van der Waals surface area contributed by atoms with Gasteiger partial charge in [-0.15, -0.1) is 0 Å². The molecular formula is C17H28O2. The molecule has 19 heavy (non-hydrogen) atoms. The standard InChI is InChI=1S/C17H28O2/c1-3-4-5-6-7-8-9-14-17(2,19)15-10-12-16(18)13-11-15/h10-13,18-19H,3-9,14H2,1-2H3. The Balaban J connectivity index is 2.25. The Morgan fingerprint density at radius 2 is 1.42 bits per heavy atom. The van der Waals surface area contributed by atoms with E-state index in [9.17, 15) is 10.2 Å². The molecule has 0 aromatic heterocycles. The second-order valence-electron chi connectivity index (χ2n) is 5.69. The van der Waals surface area contributed by atoms with Crippen molar-refractivity contribution in [2.45, 2.75) is 70.8 Å². The van der Waals surface area contributed by atoms with E-state index in [0.29, 0.717) is 0 Å². The van der Waals surface area contributed by atoms with Gasteiger partial charge in [0.25, 0.3) is 0 Å². The van der Waals surface area contributed by atoms with Crippen molar-refractivity contribution in [1.82, 2.24) is 0 Å². The quantitative estimate of drug-likeness (QED) is 0.632. The van der Waals surface area contributed by atoms with Gasteiger partial charge in [-0.2, -0.15) is 0 Å². The highest BCUT2D eigenvalue weighted by atomic mass is 16.3. The molecule has 2 N–H and O–H groups in total. The zero-order valence-corrected chi connectivity index (χ0v) is 12.4. The highest BCUT2D eigenvalue weighted by Gasteiger charge is 2.22. The molecule has 0 saturated carbocycles. The molecule has 1 aromatic carbocycles. The average Bonchev–Trinajstić information content (AvgIpc) is 2.38. The Morgan fingerprint density at radius 3 is 2.00 bits per heavy atom. The van der Waals surface area contributed by atoms with E-state index >= 15 is 0 Å². The van der Waals surface area contributed by atoms with E-state index in [4.69, 9.17) is 0 Å². The summed E-state index contributed by atoms with van der Waals surface area (Å²) in [7, 11) is 0. The van der Waals surface area contributed by atoms with Gasteiger partial charge in [0.1, 0.15) is 5.75 Å². The van der Waals surface area contributed by atoms with Gasteiger partial charge in [-0.1, -0.05) is 64.0 Å². The first kappa shape index (κ1) is 16.0. The van der Waals surface area contributed by atoms with E-state index in [2.05, 4.69) is 6.92 Å². The van der Waals surface area contributed by atoms with Crippen molar-refractivity contribution < 1.29 is 10.2 Å². The summed E-state index contributed by atoms with van der Waals surface area (Å²) in [5.74, 6) is 0.246. The summed E-state index contributed by atoms with van der Waals surface area (Å²) in [5, 5.41) is 19.7. The molecule has 0 bridgehead atoms. The molecule has 0 aliphatic rings. The summed E-state index contributed by atoms with van der Waals surface area (Å²) in [6.07, 6.45) is 9.58. The van der Waals surface area contributed by atoms with Gasteiger partial charge in [0.2, 0.25) is 0 Å². The molecule has 0 saturated heterocycles. The first-order valence-electron chi connectivity index (χ1n) is 7.58. The van der Waals surface area contributed by atoms with Crippen LogP contribution in [0.25, 0.3) is 0 Å². The molecule has 0 heterocycles. The predicted octanol–water partition coefficient (Wildman–Crippen LogP) is 4.74. The third-order valence-corrected chi connectivity index (χ3v) is 3.76. The van der Waals surface area contributed by atoms with Crippen LogP contribution >= 0.6 is 0 Å². The molecule has 0 aliphatic heterocycles. The molecule has 0 aliphatic carbocycles. The zero-order valence-electron chi connectivity index (χ0n) is 12.4. The zero-order chi connectivity index (χ0) is 14.1. The molecule has 108 valence electrons. The van der Waals surface area contributed by atoms with Crippen molar-refractivity contribution in [2.24, 2.45) is 0 Å². The maximum atomic E-state index is 10.4. The van der Waals surface area contributed by atoms with Crippen LogP contribution in [0, 0.1) is 0 Å². The Kier molecular flexibility index (Phi) is 6.93. The van der Waals surface area contributed by atoms with Crippen molar-refractivity contribution in [1.29, 1.82) is 0 Å².